The number of hydrogen-bond donors (Lipinski definition) is 2. The van der Waals surface area contributed by atoms with Crippen LogP contribution in [0.2, 0.25) is 0 Å². The van der Waals surface area contributed by atoms with E-state index in [0.29, 0.717) is 6.42 Å². The Bertz CT molecular complexity index is 155. The highest BCUT2D eigenvalue weighted by molar-refractivity contribution is 4.71. The molecule has 1 unspecified atom stereocenters. The largest absolute Gasteiger partial charge is 0.396 e. The van der Waals surface area contributed by atoms with Gasteiger partial charge >= 0.3 is 0 Å². The average Bonchev–Trinajstić information content (AvgIpc) is 2.30. The second-order valence-corrected chi connectivity index (χ2v) is 5.55. The van der Waals surface area contributed by atoms with E-state index in [0.717, 1.165) is 19.3 Å². The molecule has 0 aromatic rings. The van der Waals surface area contributed by atoms with E-state index in [1.54, 1.807) is 0 Å². The summed E-state index contributed by atoms with van der Waals surface area (Å²) in [6.07, 6.45) is 12.8. The van der Waals surface area contributed by atoms with Gasteiger partial charge in [-0.3, -0.25) is 0 Å². The van der Waals surface area contributed by atoms with Crippen molar-refractivity contribution < 1.29 is 10.2 Å². The van der Waals surface area contributed by atoms with Crippen molar-refractivity contribution in [3.63, 3.8) is 0 Å². The highest BCUT2D eigenvalue weighted by Gasteiger charge is 2.18. The zero-order valence-electron chi connectivity index (χ0n) is 11.9. The van der Waals surface area contributed by atoms with E-state index in [2.05, 4.69) is 6.92 Å². The maximum atomic E-state index is 10.0. The number of hydrogen-bond acceptors (Lipinski definition) is 2. The van der Waals surface area contributed by atoms with E-state index in [-0.39, 0.29) is 6.61 Å². The molecule has 0 aliphatic rings. The number of aliphatic hydroxyl groups is 2. The van der Waals surface area contributed by atoms with Crippen LogP contribution in [0.1, 0.15) is 84.5 Å². The van der Waals surface area contributed by atoms with Gasteiger partial charge < -0.3 is 10.2 Å². The summed E-state index contributed by atoms with van der Waals surface area (Å²) in [5, 5.41) is 18.7. The Kier molecular flexibility index (Phi) is 11.0. The van der Waals surface area contributed by atoms with Gasteiger partial charge in [-0.05, 0) is 26.2 Å². The van der Waals surface area contributed by atoms with Gasteiger partial charge in [-0.2, -0.15) is 0 Å². The van der Waals surface area contributed by atoms with Crippen LogP contribution in [0.5, 0.6) is 0 Å². The van der Waals surface area contributed by atoms with Crippen molar-refractivity contribution in [2.24, 2.45) is 0 Å². The lowest BCUT2D eigenvalue weighted by Crippen LogP contribution is -2.24. The van der Waals surface area contributed by atoms with Crippen LogP contribution in [0.3, 0.4) is 0 Å². The molecule has 0 saturated heterocycles. The molecular formula is C15H32O2. The molecule has 2 nitrogen and oxygen atoms in total. The Labute approximate surface area is 107 Å². The minimum atomic E-state index is -0.565. The fraction of sp³-hybridized carbons (Fsp3) is 1.00. The third-order valence-electron chi connectivity index (χ3n) is 3.44. The molecule has 0 amide bonds. The third-order valence-corrected chi connectivity index (χ3v) is 3.44. The number of unbranched alkanes of at least 4 members (excludes halogenated alkanes) is 7. The average molecular weight is 244 g/mol. The van der Waals surface area contributed by atoms with Gasteiger partial charge in [0.2, 0.25) is 0 Å². The smallest absolute Gasteiger partial charge is 0.0620 e. The lowest BCUT2D eigenvalue weighted by atomic mass is 9.93. The first-order valence-electron chi connectivity index (χ1n) is 7.45. The maximum Gasteiger partial charge on any atom is 0.0620 e. The fourth-order valence-corrected chi connectivity index (χ4v) is 2.22. The second-order valence-electron chi connectivity index (χ2n) is 5.55. The van der Waals surface area contributed by atoms with E-state index in [1.165, 1.54) is 44.9 Å². The van der Waals surface area contributed by atoms with Crippen molar-refractivity contribution >= 4 is 0 Å². The summed E-state index contributed by atoms with van der Waals surface area (Å²) in [5.41, 5.74) is -0.565. The van der Waals surface area contributed by atoms with Gasteiger partial charge in [0.25, 0.3) is 0 Å². The standard InChI is InChI=1S/C15H32O2/c1-3-4-5-6-7-8-9-10-12-15(2,17)13-11-14-16/h16-17H,3-14H2,1-2H3. The minimum absolute atomic E-state index is 0.188. The molecule has 1 atom stereocenters. The molecule has 0 radical (unpaired) electrons. The van der Waals surface area contributed by atoms with E-state index >= 15 is 0 Å². The molecule has 104 valence electrons. The molecule has 0 bridgehead atoms. The molecule has 0 rings (SSSR count). The van der Waals surface area contributed by atoms with Crippen LogP contribution in [0.25, 0.3) is 0 Å². The Balaban J connectivity index is 3.26. The zero-order valence-corrected chi connectivity index (χ0v) is 11.9. The van der Waals surface area contributed by atoms with Crippen LogP contribution in [-0.2, 0) is 0 Å². The second kappa shape index (κ2) is 11.0. The van der Waals surface area contributed by atoms with Crippen molar-refractivity contribution in [3.8, 4) is 0 Å². The van der Waals surface area contributed by atoms with Crippen LogP contribution in [0.4, 0.5) is 0 Å². The van der Waals surface area contributed by atoms with Gasteiger partial charge in [-0.15, -0.1) is 0 Å². The molecule has 0 aromatic heterocycles. The molecule has 0 spiro atoms. The number of rotatable bonds is 12. The Hall–Kier alpha value is -0.0800. The summed E-state index contributed by atoms with van der Waals surface area (Å²) in [4.78, 5) is 0. The Morgan fingerprint density at radius 1 is 0.765 bits per heavy atom. The highest BCUT2D eigenvalue weighted by atomic mass is 16.3. The van der Waals surface area contributed by atoms with E-state index in [9.17, 15) is 5.11 Å². The van der Waals surface area contributed by atoms with Crippen LogP contribution < -0.4 is 0 Å². The summed E-state index contributed by atoms with van der Waals surface area (Å²) >= 11 is 0. The van der Waals surface area contributed by atoms with Gasteiger partial charge in [0.05, 0.1) is 5.60 Å². The first-order chi connectivity index (χ1) is 8.12. The van der Waals surface area contributed by atoms with Gasteiger partial charge in [-0.25, -0.2) is 0 Å². The molecule has 0 aliphatic heterocycles. The van der Waals surface area contributed by atoms with Crippen LogP contribution in [0.15, 0.2) is 0 Å². The Morgan fingerprint density at radius 3 is 1.76 bits per heavy atom. The monoisotopic (exact) mass is 244 g/mol. The first-order valence-corrected chi connectivity index (χ1v) is 7.45. The fourth-order valence-electron chi connectivity index (χ4n) is 2.22. The van der Waals surface area contributed by atoms with Crippen molar-refractivity contribution in [2.45, 2.75) is 90.1 Å². The minimum Gasteiger partial charge on any atom is -0.396 e. The molecule has 0 fully saturated rings. The topological polar surface area (TPSA) is 40.5 Å². The highest BCUT2D eigenvalue weighted by Crippen LogP contribution is 2.20. The first kappa shape index (κ1) is 16.9. The zero-order chi connectivity index (χ0) is 13.0. The summed E-state index contributed by atoms with van der Waals surface area (Å²) < 4.78 is 0. The molecular weight excluding hydrogens is 212 g/mol. The predicted molar refractivity (Wildman–Crippen MR) is 74.2 cm³/mol. The molecule has 2 N–H and O–H groups in total. The number of aliphatic hydroxyl groups excluding tert-OH is 1. The van der Waals surface area contributed by atoms with Crippen molar-refractivity contribution in [3.05, 3.63) is 0 Å². The molecule has 0 saturated carbocycles. The van der Waals surface area contributed by atoms with Gasteiger partial charge in [0, 0.05) is 6.61 Å². The SMILES string of the molecule is CCCCCCCCCCC(C)(O)CCCO. The van der Waals surface area contributed by atoms with Crippen molar-refractivity contribution in [2.75, 3.05) is 6.61 Å². The predicted octanol–water partition coefficient (Wildman–Crippen LogP) is 4.04. The normalized spacial score (nSPS) is 14.8. The molecule has 0 aromatic carbocycles. The van der Waals surface area contributed by atoms with Crippen LogP contribution in [-0.4, -0.2) is 22.4 Å². The third kappa shape index (κ3) is 12.2. The summed E-state index contributed by atoms with van der Waals surface area (Å²) in [7, 11) is 0. The molecule has 17 heavy (non-hydrogen) atoms. The lowest BCUT2D eigenvalue weighted by molar-refractivity contribution is 0.0326. The molecule has 0 heterocycles. The van der Waals surface area contributed by atoms with Gasteiger partial charge in [0.15, 0.2) is 0 Å². The maximum absolute atomic E-state index is 10.0. The molecule has 2 heteroatoms. The van der Waals surface area contributed by atoms with Gasteiger partial charge in [0.1, 0.15) is 0 Å². The van der Waals surface area contributed by atoms with Crippen LogP contribution in [0, 0.1) is 0 Å². The van der Waals surface area contributed by atoms with E-state index in [1.807, 2.05) is 6.92 Å². The van der Waals surface area contributed by atoms with E-state index < -0.39 is 5.60 Å². The Morgan fingerprint density at radius 2 is 1.24 bits per heavy atom. The van der Waals surface area contributed by atoms with Crippen molar-refractivity contribution in [1.82, 2.24) is 0 Å². The summed E-state index contributed by atoms with van der Waals surface area (Å²) in [6.45, 7) is 4.33. The van der Waals surface area contributed by atoms with Crippen molar-refractivity contribution in [1.29, 1.82) is 0 Å². The summed E-state index contributed by atoms with van der Waals surface area (Å²) in [5.74, 6) is 0. The summed E-state index contributed by atoms with van der Waals surface area (Å²) in [6, 6.07) is 0. The van der Waals surface area contributed by atoms with Gasteiger partial charge in [-0.1, -0.05) is 58.3 Å². The van der Waals surface area contributed by atoms with Crippen LogP contribution >= 0.6 is 0 Å². The lowest BCUT2D eigenvalue weighted by Gasteiger charge is -2.22. The quantitative estimate of drug-likeness (QED) is 0.509. The van der Waals surface area contributed by atoms with E-state index in [4.69, 9.17) is 5.11 Å². The molecule has 0 aliphatic carbocycles.